The summed E-state index contributed by atoms with van der Waals surface area (Å²) in [6, 6.07) is 2.28. The highest BCUT2D eigenvalue weighted by Gasteiger charge is 2.51. The fraction of sp³-hybridized carbons (Fsp3) is 0.400. The van der Waals surface area contributed by atoms with Gasteiger partial charge in [-0.05, 0) is 25.0 Å². The summed E-state index contributed by atoms with van der Waals surface area (Å²) in [4.78, 5) is 24.6. The van der Waals surface area contributed by atoms with Crippen LogP contribution in [-0.2, 0) is 4.79 Å². The molecule has 6 nitrogen and oxygen atoms in total. The van der Waals surface area contributed by atoms with E-state index in [0.29, 0.717) is 17.9 Å². The molecule has 3 amide bonds. The van der Waals surface area contributed by atoms with E-state index in [9.17, 15) is 14.7 Å². The zero-order chi connectivity index (χ0) is 16.6. The topological polar surface area (TPSA) is 82.0 Å². The molecule has 8 heteroatoms. The normalized spacial score (nSPS) is 20.5. The lowest BCUT2D eigenvalue weighted by atomic mass is 9.82. The maximum Gasteiger partial charge on any atom is 0.346 e. The maximum atomic E-state index is 12.5. The molecule has 0 unspecified atom stereocenters. The number of benzene rings is 1. The smallest absolute Gasteiger partial charge is 0.346 e. The van der Waals surface area contributed by atoms with Crippen molar-refractivity contribution in [3.8, 4) is 5.75 Å². The van der Waals surface area contributed by atoms with Gasteiger partial charge >= 0.3 is 6.03 Å². The van der Waals surface area contributed by atoms with Crippen molar-refractivity contribution < 1.29 is 14.7 Å². The summed E-state index contributed by atoms with van der Waals surface area (Å²) in [5.74, 6) is -0.565. The number of amides is 3. The van der Waals surface area contributed by atoms with Crippen LogP contribution in [0.5, 0.6) is 5.75 Å². The third-order valence-electron chi connectivity index (χ3n) is 4.22. The molecular weight excluding hydrogens is 341 g/mol. The van der Waals surface area contributed by atoms with Gasteiger partial charge in [0.1, 0.15) is 11.3 Å². The van der Waals surface area contributed by atoms with Gasteiger partial charge in [0, 0.05) is 10.6 Å². The molecular formula is C15H15Cl2N3O3. The van der Waals surface area contributed by atoms with Crippen molar-refractivity contribution in [3.05, 3.63) is 27.7 Å². The van der Waals surface area contributed by atoms with Crippen LogP contribution in [0.15, 0.2) is 17.2 Å². The van der Waals surface area contributed by atoms with Gasteiger partial charge in [-0.1, -0.05) is 42.5 Å². The number of phenolic OH excluding ortho intramolecular Hbond substituents is 1. The monoisotopic (exact) mass is 355 g/mol. The first kappa shape index (κ1) is 16.1. The van der Waals surface area contributed by atoms with Crippen LogP contribution in [0.2, 0.25) is 10.0 Å². The number of nitrogens with zero attached hydrogens (tertiary/aromatic N) is 2. The Morgan fingerprint density at radius 3 is 2.61 bits per heavy atom. The Morgan fingerprint density at radius 2 is 1.91 bits per heavy atom. The van der Waals surface area contributed by atoms with Gasteiger partial charge in [0.25, 0.3) is 5.91 Å². The molecule has 1 saturated heterocycles. The van der Waals surface area contributed by atoms with Crippen LogP contribution in [0.4, 0.5) is 4.79 Å². The number of imide groups is 1. The zero-order valence-corrected chi connectivity index (χ0v) is 13.7. The van der Waals surface area contributed by atoms with E-state index in [0.717, 1.165) is 24.3 Å². The second kappa shape index (κ2) is 6.02. The molecule has 1 heterocycles. The van der Waals surface area contributed by atoms with Gasteiger partial charge in [-0.25, -0.2) is 4.79 Å². The second-order valence-corrected chi connectivity index (χ2v) is 6.60. The third kappa shape index (κ3) is 2.88. The van der Waals surface area contributed by atoms with E-state index in [1.807, 2.05) is 0 Å². The van der Waals surface area contributed by atoms with E-state index in [-0.39, 0.29) is 22.2 Å². The largest absolute Gasteiger partial charge is 0.506 e. The number of carbonyl (C=O) groups is 2. The lowest BCUT2D eigenvalue weighted by Crippen LogP contribution is -2.48. The van der Waals surface area contributed by atoms with E-state index < -0.39 is 11.6 Å². The van der Waals surface area contributed by atoms with Crippen LogP contribution in [0.1, 0.15) is 37.7 Å². The van der Waals surface area contributed by atoms with E-state index >= 15 is 0 Å². The van der Waals surface area contributed by atoms with Gasteiger partial charge in [0.15, 0.2) is 0 Å². The van der Waals surface area contributed by atoms with Crippen LogP contribution >= 0.6 is 23.2 Å². The number of hydrogen-bond acceptors (Lipinski definition) is 4. The SMILES string of the molecule is O=C1NC2(CCCCC2)C(=O)N1/N=C/c1cc(Cl)cc(Cl)c1O. The molecule has 1 spiro atoms. The van der Waals surface area contributed by atoms with Gasteiger partial charge < -0.3 is 10.4 Å². The molecule has 1 aromatic rings. The van der Waals surface area contributed by atoms with Crippen molar-refractivity contribution >= 4 is 41.4 Å². The van der Waals surface area contributed by atoms with E-state index in [1.54, 1.807) is 0 Å². The number of hydrogen-bond donors (Lipinski definition) is 2. The molecule has 1 saturated carbocycles. The Kier molecular flexibility index (Phi) is 4.21. The number of halogens is 2. The highest BCUT2D eigenvalue weighted by atomic mass is 35.5. The minimum atomic E-state index is -0.833. The molecule has 3 rings (SSSR count). The van der Waals surface area contributed by atoms with E-state index in [2.05, 4.69) is 10.4 Å². The van der Waals surface area contributed by atoms with Crippen molar-refractivity contribution in [3.63, 3.8) is 0 Å². The second-order valence-electron chi connectivity index (χ2n) is 5.76. The number of hydrazone groups is 1. The van der Waals surface area contributed by atoms with E-state index in [1.165, 1.54) is 18.3 Å². The first-order valence-corrected chi connectivity index (χ1v) is 8.07. The fourth-order valence-corrected chi connectivity index (χ4v) is 3.52. The van der Waals surface area contributed by atoms with Crippen LogP contribution in [0, 0.1) is 0 Å². The quantitative estimate of drug-likeness (QED) is 0.630. The summed E-state index contributed by atoms with van der Waals surface area (Å²) >= 11 is 11.7. The summed E-state index contributed by atoms with van der Waals surface area (Å²) in [6.45, 7) is 0. The average Bonchev–Trinajstić information content (AvgIpc) is 2.73. The standard InChI is InChI=1S/C15H15Cl2N3O3/c16-10-6-9(12(21)11(17)7-10)8-18-20-13(22)15(19-14(20)23)4-2-1-3-5-15/h6-8,21H,1-5H2,(H,19,23)/b18-8+. The van der Waals surface area contributed by atoms with Crippen LogP contribution in [-0.4, -0.2) is 33.8 Å². The Hall–Kier alpha value is -1.79. The van der Waals surface area contributed by atoms with Crippen molar-refractivity contribution in [1.82, 2.24) is 10.3 Å². The van der Waals surface area contributed by atoms with Crippen molar-refractivity contribution in [2.24, 2.45) is 5.10 Å². The number of carbonyl (C=O) groups excluding carboxylic acids is 2. The Labute approximate surface area is 143 Å². The molecule has 0 bridgehead atoms. The van der Waals surface area contributed by atoms with Crippen LogP contribution in [0.25, 0.3) is 0 Å². The molecule has 0 radical (unpaired) electrons. The van der Waals surface area contributed by atoms with Gasteiger partial charge in [0.2, 0.25) is 0 Å². The summed E-state index contributed by atoms with van der Waals surface area (Å²) in [6.07, 6.45) is 5.30. The summed E-state index contributed by atoms with van der Waals surface area (Å²) in [5, 5.41) is 17.7. The summed E-state index contributed by atoms with van der Waals surface area (Å²) < 4.78 is 0. The molecule has 2 N–H and O–H groups in total. The lowest BCUT2D eigenvalue weighted by Gasteiger charge is -2.29. The molecule has 122 valence electrons. The molecule has 2 aliphatic rings. The van der Waals surface area contributed by atoms with Gasteiger partial charge in [-0.2, -0.15) is 5.10 Å². The van der Waals surface area contributed by atoms with Crippen LogP contribution < -0.4 is 5.32 Å². The zero-order valence-electron chi connectivity index (χ0n) is 12.2. The molecule has 1 aromatic carbocycles. The number of aromatic hydroxyl groups is 1. The highest BCUT2D eigenvalue weighted by Crippen LogP contribution is 2.34. The lowest BCUT2D eigenvalue weighted by molar-refractivity contribution is -0.132. The predicted molar refractivity (Wildman–Crippen MR) is 86.9 cm³/mol. The first-order valence-electron chi connectivity index (χ1n) is 7.32. The van der Waals surface area contributed by atoms with Gasteiger partial charge in [-0.3, -0.25) is 4.79 Å². The van der Waals surface area contributed by atoms with Gasteiger partial charge in [0.05, 0.1) is 11.2 Å². The fourth-order valence-electron chi connectivity index (χ4n) is 3.01. The molecule has 23 heavy (non-hydrogen) atoms. The number of urea groups is 1. The Bertz CT molecular complexity index is 699. The molecule has 0 aromatic heterocycles. The summed E-state index contributed by atoms with van der Waals surface area (Å²) in [5.41, 5.74) is -0.603. The summed E-state index contributed by atoms with van der Waals surface area (Å²) in [7, 11) is 0. The third-order valence-corrected chi connectivity index (χ3v) is 4.72. The van der Waals surface area contributed by atoms with Crippen molar-refractivity contribution in [2.45, 2.75) is 37.6 Å². The predicted octanol–water partition coefficient (Wildman–Crippen LogP) is 3.29. The number of nitrogens with one attached hydrogen (secondary N) is 1. The minimum Gasteiger partial charge on any atom is -0.506 e. The molecule has 1 aliphatic carbocycles. The molecule has 2 fully saturated rings. The van der Waals surface area contributed by atoms with Gasteiger partial charge in [-0.15, -0.1) is 5.01 Å². The highest BCUT2D eigenvalue weighted by molar-refractivity contribution is 6.36. The number of rotatable bonds is 2. The van der Waals surface area contributed by atoms with Crippen molar-refractivity contribution in [2.75, 3.05) is 0 Å². The molecule has 1 aliphatic heterocycles. The average molecular weight is 356 g/mol. The Balaban J connectivity index is 1.85. The number of phenols is 1. The van der Waals surface area contributed by atoms with Crippen LogP contribution in [0.3, 0.4) is 0 Å². The van der Waals surface area contributed by atoms with E-state index in [4.69, 9.17) is 23.2 Å². The Morgan fingerprint density at radius 1 is 1.22 bits per heavy atom. The first-order chi connectivity index (χ1) is 10.9. The van der Waals surface area contributed by atoms with Crippen molar-refractivity contribution in [1.29, 1.82) is 0 Å². The minimum absolute atomic E-state index is 0.0694. The molecule has 0 atom stereocenters. The maximum absolute atomic E-state index is 12.5.